The third-order valence-corrected chi connectivity index (χ3v) is 4.28. The standard InChI is InChI=1S/C15H22BrN/c1-13-6-2-3-7-14(13)12-17-11-5-4-8-15(17)9-10-16/h2-3,6-7,15H,4-5,8-12H2,1H3. The molecule has 1 atom stereocenters. The first-order valence-corrected chi connectivity index (χ1v) is 7.78. The Labute approximate surface area is 113 Å². The Balaban J connectivity index is 2.03. The zero-order chi connectivity index (χ0) is 12.1. The van der Waals surface area contributed by atoms with Crippen molar-refractivity contribution in [1.82, 2.24) is 4.90 Å². The zero-order valence-electron chi connectivity index (χ0n) is 10.7. The molecular weight excluding hydrogens is 274 g/mol. The summed E-state index contributed by atoms with van der Waals surface area (Å²) in [6.45, 7) is 4.62. The highest BCUT2D eigenvalue weighted by Crippen LogP contribution is 2.23. The van der Waals surface area contributed by atoms with Gasteiger partial charge in [0, 0.05) is 17.9 Å². The number of hydrogen-bond donors (Lipinski definition) is 0. The van der Waals surface area contributed by atoms with E-state index in [-0.39, 0.29) is 0 Å². The Morgan fingerprint density at radius 2 is 2.12 bits per heavy atom. The first-order chi connectivity index (χ1) is 8.31. The SMILES string of the molecule is Cc1ccccc1CN1CCCCC1CCBr. The highest BCUT2D eigenvalue weighted by molar-refractivity contribution is 9.09. The normalized spacial score (nSPS) is 21.6. The van der Waals surface area contributed by atoms with Gasteiger partial charge in [0.05, 0.1) is 0 Å². The first-order valence-electron chi connectivity index (χ1n) is 6.66. The fraction of sp³-hybridized carbons (Fsp3) is 0.600. The molecule has 1 aromatic rings. The van der Waals surface area contributed by atoms with Gasteiger partial charge < -0.3 is 0 Å². The topological polar surface area (TPSA) is 3.24 Å². The minimum absolute atomic E-state index is 0.780. The third-order valence-electron chi connectivity index (χ3n) is 3.83. The molecule has 0 aliphatic carbocycles. The minimum atomic E-state index is 0.780. The van der Waals surface area contributed by atoms with Crippen molar-refractivity contribution in [3.63, 3.8) is 0 Å². The Morgan fingerprint density at radius 1 is 1.29 bits per heavy atom. The Bertz CT molecular complexity index is 349. The predicted octanol–water partition coefficient (Wildman–Crippen LogP) is 4.13. The van der Waals surface area contributed by atoms with Crippen LogP contribution in [0.2, 0.25) is 0 Å². The molecule has 0 saturated carbocycles. The monoisotopic (exact) mass is 295 g/mol. The maximum Gasteiger partial charge on any atom is 0.0239 e. The molecule has 1 heterocycles. The molecule has 1 nitrogen and oxygen atoms in total. The van der Waals surface area contributed by atoms with Crippen LogP contribution in [0.3, 0.4) is 0 Å². The molecule has 94 valence electrons. The number of nitrogens with zero attached hydrogens (tertiary/aromatic N) is 1. The molecule has 2 heteroatoms. The number of halogens is 1. The highest BCUT2D eigenvalue weighted by Gasteiger charge is 2.21. The lowest BCUT2D eigenvalue weighted by molar-refractivity contribution is 0.137. The minimum Gasteiger partial charge on any atom is -0.296 e. The van der Waals surface area contributed by atoms with Crippen LogP contribution in [0.5, 0.6) is 0 Å². The molecule has 0 bridgehead atoms. The maximum atomic E-state index is 3.59. The van der Waals surface area contributed by atoms with E-state index in [0.717, 1.165) is 17.9 Å². The van der Waals surface area contributed by atoms with E-state index in [1.807, 2.05) is 0 Å². The second kappa shape index (κ2) is 6.55. The second-order valence-electron chi connectivity index (χ2n) is 5.02. The quantitative estimate of drug-likeness (QED) is 0.755. The Hall–Kier alpha value is -0.340. The lowest BCUT2D eigenvalue weighted by Gasteiger charge is -2.35. The summed E-state index contributed by atoms with van der Waals surface area (Å²) in [5, 5.41) is 1.13. The number of likely N-dealkylation sites (tertiary alicyclic amines) is 1. The van der Waals surface area contributed by atoms with Crippen molar-refractivity contribution in [3.8, 4) is 0 Å². The van der Waals surface area contributed by atoms with Gasteiger partial charge in [-0.3, -0.25) is 4.90 Å². The van der Waals surface area contributed by atoms with Gasteiger partial charge in [-0.2, -0.15) is 0 Å². The maximum absolute atomic E-state index is 3.59. The molecule has 1 aromatic carbocycles. The van der Waals surface area contributed by atoms with Gasteiger partial charge in [0.25, 0.3) is 0 Å². The van der Waals surface area contributed by atoms with E-state index in [9.17, 15) is 0 Å². The van der Waals surface area contributed by atoms with Crippen LogP contribution in [0.15, 0.2) is 24.3 Å². The van der Waals surface area contributed by atoms with Crippen LogP contribution >= 0.6 is 15.9 Å². The van der Waals surface area contributed by atoms with Gasteiger partial charge in [-0.15, -0.1) is 0 Å². The lowest BCUT2D eigenvalue weighted by Crippen LogP contribution is -2.39. The molecule has 1 unspecified atom stereocenters. The molecule has 0 amide bonds. The third kappa shape index (κ3) is 3.56. The van der Waals surface area contributed by atoms with Crippen molar-refractivity contribution in [1.29, 1.82) is 0 Å². The van der Waals surface area contributed by atoms with E-state index in [4.69, 9.17) is 0 Å². The van der Waals surface area contributed by atoms with Crippen molar-refractivity contribution in [3.05, 3.63) is 35.4 Å². The van der Waals surface area contributed by atoms with Crippen molar-refractivity contribution >= 4 is 15.9 Å². The summed E-state index contributed by atoms with van der Waals surface area (Å²) in [4.78, 5) is 2.67. The smallest absolute Gasteiger partial charge is 0.0239 e. The van der Waals surface area contributed by atoms with E-state index >= 15 is 0 Å². The fourth-order valence-electron chi connectivity index (χ4n) is 2.73. The van der Waals surface area contributed by atoms with Gasteiger partial charge in [0.15, 0.2) is 0 Å². The average Bonchev–Trinajstić information content (AvgIpc) is 2.35. The number of aryl methyl sites for hydroxylation is 1. The lowest BCUT2D eigenvalue weighted by atomic mass is 9.98. The van der Waals surface area contributed by atoms with Crippen LogP contribution in [-0.4, -0.2) is 22.8 Å². The van der Waals surface area contributed by atoms with Gasteiger partial charge in [0.2, 0.25) is 0 Å². The molecule has 1 aliphatic heterocycles. The number of benzene rings is 1. The van der Waals surface area contributed by atoms with Gasteiger partial charge in [-0.1, -0.05) is 46.6 Å². The predicted molar refractivity (Wildman–Crippen MR) is 77.6 cm³/mol. The summed E-state index contributed by atoms with van der Waals surface area (Å²) >= 11 is 3.59. The van der Waals surface area contributed by atoms with Crippen LogP contribution in [0.4, 0.5) is 0 Å². The van der Waals surface area contributed by atoms with Crippen molar-refractivity contribution in [2.45, 2.75) is 45.2 Å². The highest BCUT2D eigenvalue weighted by atomic mass is 79.9. The van der Waals surface area contributed by atoms with Gasteiger partial charge >= 0.3 is 0 Å². The molecule has 1 fully saturated rings. The van der Waals surface area contributed by atoms with Crippen molar-refractivity contribution < 1.29 is 0 Å². The first kappa shape index (κ1) is 13.1. The summed E-state index contributed by atoms with van der Waals surface area (Å²) in [5.74, 6) is 0. The number of hydrogen-bond acceptors (Lipinski definition) is 1. The van der Waals surface area contributed by atoms with Gasteiger partial charge in [0.1, 0.15) is 0 Å². The second-order valence-corrected chi connectivity index (χ2v) is 5.82. The summed E-state index contributed by atoms with van der Waals surface area (Å²) in [6.07, 6.45) is 5.43. The van der Waals surface area contributed by atoms with E-state index in [1.54, 1.807) is 0 Å². The number of piperidine rings is 1. The van der Waals surface area contributed by atoms with Crippen LogP contribution in [0.1, 0.15) is 36.8 Å². The van der Waals surface area contributed by atoms with Crippen LogP contribution < -0.4 is 0 Å². The van der Waals surface area contributed by atoms with Gasteiger partial charge in [-0.05, 0) is 43.9 Å². The molecular formula is C15H22BrN. The van der Waals surface area contributed by atoms with Gasteiger partial charge in [-0.25, -0.2) is 0 Å². The van der Waals surface area contributed by atoms with E-state index < -0.39 is 0 Å². The molecule has 1 aliphatic rings. The molecule has 17 heavy (non-hydrogen) atoms. The molecule has 1 saturated heterocycles. The fourth-order valence-corrected chi connectivity index (χ4v) is 3.26. The van der Waals surface area contributed by atoms with Crippen LogP contribution in [0.25, 0.3) is 0 Å². The summed E-state index contributed by atoms with van der Waals surface area (Å²) in [7, 11) is 0. The molecule has 0 spiro atoms. The Morgan fingerprint density at radius 3 is 2.88 bits per heavy atom. The van der Waals surface area contributed by atoms with Crippen molar-refractivity contribution in [2.75, 3.05) is 11.9 Å². The number of rotatable bonds is 4. The zero-order valence-corrected chi connectivity index (χ0v) is 12.2. The largest absolute Gasteiger partial charge is 0.296 e. The van der Waals surface area contributed by atoms with E-state index in [0.29, 0.717) is 0 Å². The van der Waals surface area contributed by atoms with Crippen LogP contribution in [0, 0.1) is 6.92 Å². The van der Waals surface area contributed by atoms with Crippen LogP contribution in [-0.2, 0) is 6.54 Å². The van der Waals surface area contributed by atoms with Crippen molar-refractivity contribution in [2.24, 2.45) is 0 Å². The Kier molecular flexibility index (Phi) is 5.05. The molecule has 0 N–H and O–H groups in total. The number of alkyl halides is 1. The molecule has 0 radical (unpaired) electrons. The molecule has 2 rings (SSSR count). The van der Waals surface area contributed by atoms with E-state index in [1.165, 1.54) is 43.4 Å². The summed E-state index contributed by atoms with van der Waals surface area (Å²) < 4.78 is 0. The summed E-state index contributed by atoms with van der Waals surface area (Å²) in [5.41, 5.74) is 2.92. The molecule has 0 aromatic heterocycles. The summed E-state index contributed by atoms with van der Waals surface area (Å²) in [6, 6.07) is 9.56. The average molecular weight is 296 g/mol. The van der Waals surface area contributed by atoms with E-state index in [2.05, 4.69) is 52.0 Å².